The maximum Gasteiger partial charge on any atom is 0.251 e. The van der Waals surface area contributed by atoms with Crippen molar-refractivity contribution in [2.45, 2.75) is 51.9 Å². The average molecular weight is 438 g/mol. The number of carbonyl (C=O) groups is 3. The zero-order valence-corrected chi connectivity index (χ0v) is 18.8. The fraction of sp³-hybridized carbons (Fsp3) is 0.400. The molecule has 3 N–H and O–H groups in total. The third-order valence-corrected chi connectivity index (χ3v) is 5.42. The minimum Gasteiger partial charge on any atom is -0.381 e. The molecule has 170 valence electrons. The van der Waals surface area contributed by atoms with Crippen LogP contribution in [0.3, 0.4) is 0 Å². The van der Waals surface area contributed by atoms with E-state index in [1.54, 1.807) is 19.1 Å². The molecule has 0 radical (unpaired) electrons. The summed E-state index contributed by atoms with van der Waals surface area (Å²) in [6, 6.07) is 15.8. The van der Waals surface area contributed by atoms with Gasteiger partial charge >= 0.3 is 0 Å². The van der Waals surface area contributed by atoms with Crippen molar-refractivity contribution < 1.29 is 19.1 Å². The van der Waals surface area contributed by atoms with Crippen molar-refractivity contribution in [3.63, 3.8) is 0 Å². The van der Waals surface area contributed by atoms with Gasteiger partial charge in [-0.25, -0.2) is 0 Å². The van der Waals surface area contributed by atoms with Gasteiger partial charge in [0.25, 0.3) is 5.91 Å². The van der Waals surface area contributed by atoms with E-state index < -0.39 is 12.1 Å². The van der Waals surface area contributed by atoms with Crippen molar-refractivity contribution in [1.29, 1.82) is 0 Å². The first-order chi connectivity index (χ1) is 15.3. The molecule has 2 amide bonds. The fourth-order valence-electron chi connectivity index (χ4n) is 3.60. The molecule has 1 saturated heterocycles. The van der Waals surface area contributed by atoms with Gasteiger partial charge < -0.3 is 20.7 Å². The average Bonchev–Trinajstić information content (AvgIpc) is 3.10. The minimum atomic E-state index is -0.737. The monoisotopic (exact) mass is 437 g/mol. The molecule has 1 aliphatic rings. The Morgan fingerprint density at radius 2 is 1.75 bits per heavy atom. The van der Waals surface area contributed by atoms with Crippen LogP contribution in [0.4, 0.5) is 5.69 Å². The number of amides is 2. The van der Waals surface area contributed by atoms with Crippen LogP contribution in [-0.2, 0) is 20.9 Å². The molecule has 1 heterocycles. The van der Waals surface area contributed by atoms with Crippen molar-refractivity contribution in [2.24, 2.45) is 5.92 Å². The van der Waals surface area contributed by atoms with Crippen molar-refractivity contribution >= 4 is 23.3 Å². The second-order valence-electron chi connectivity index (χ2n) is 8.54. The third kappa shape index (κ3) is 6.40. The van der Waals surface area contributed by atoms with Crippen molar-refractivity contribution in [1.82, 2.24) is 10.6 Å². The van der Waals surface area contributed by atoms with E-state index in [4.69, 9.17) is 4.74 Å². The SMILES string of the molecule is CC(C)CC(NC(=O)c1ccc(NCc2ccccc2)cc1)C(=O)N[C@@H]1C(=O)CO[C@@H]1C. The number of hydrogen-bond donors (Lipinski definition) is 3. The number of carbonyl (C=O) groups excluding carboxylic acids is 3. The summed E-state index contributed by atoms with van der Waals surface area (Å²) in [5.41, 5.74) is 2.53. The van der Waals surface area contributed by atoms with Crippen molar-refractivity contribution in [3.8, 4) is 0 Å². The van der Waals surface area contributed by atoms with Gasteiger partial charge in [0.15, 0.2) is 5.78 Å². The maximum atomic E-state index is 12.8. The molecule has 0 spiro atoms. The van der Waals surface area contributed by atoms with E-state index in [1.165, 1.54) is 0 Å². The first-order valence-corrected chi connectivity index (χ1v) is 11.0. The minimum absolute atomic E-state index is 0.00201. The molecule has 0 saturated carbocycles. The van der Waals surface area contributed by atoms with Crippen LogP contribution >= 0.6 is 0 Å². The van der Waals surface area contributed by atoms with Crippen LogP contribution in [0, 0.1) is 5.92 Å². The Bertz CT molecular complexity index is 928. The molecule has 1 aliphatic heterocycles. The molecule has 7 heteroatoms. The molecule has 1 fully saturated rings. The number of rotatable bonds is 9. The molecule has 0 aromatic heterocycles. The number of benzene rings is 2. The summed E-state index contributed by atoms with van der Waals surface area (Å²) in [6.07, 6.45) is 0.0857. The first kappa shape index (κ1) is 23.5. The second-order valence-corrected chi connectivity index (χ2v) is 8.54. The fourth-order valence-corrected chi connectivity index (χ4v) is 3.60. The Hall–Kier alpha value is -3.19. The zero-order chi connectivity index (χ0) is 23.1. The maximum absolute atomic E-state index is 12.8. The summed E-state index contributed by atoms with van der Waals surface area (Å²) in [5.74, 6) is -0.672. The van der Waals surface area contributed by atoms with Gasteiger partial charge in [0.2, 0.25) is 5.91 Å². The van der Waals surface area contributed by atoms with E-state index >= 15 is 0 Å². The molecular formula is C25H31N3O4. The van der Waals surface area contributed by atoms with Gasteiger partial charge in [-0.1, -0.05) is 44.2 Å². The highest BCUT2D eigenvalue weighted by molar-refractivity contribution is 5.99. The number of nitrogens with one attached hydrogen (secondary N) is 3. The topological polar surface area (TPSA) is 96.5 Å². The quantitative estimate of drug-likeness (QED) is 0.561. The molecule has 7 nitrogen and oxygen atoms in total. The first-order valence-electron chi connectivity index (χ1n) is 11.0. The smallest absolute Gasteiger partial charge is 0.251 e. The van der Waals surface area contributed by atoms with E-state index in [0.717, 1.165) is 11.3 Å². The Morgan fingerprint density at radius 1 is 1.06 bits per heavy atom. The normalized spacial score (nSPS) is 18.9. The number of ketones is 1. The van der Waals surface area contributed by atoms with E-state index in [9.17, 15) is 14.4 Å². The third-order valence-electron chi connectivity index (χ3n) is 5.42. The van der Waals surface area contributed by atoms with E-state index in [1.807, 2.05) is 56.3 Å². The highest BCUT2D eigenvalue weighted by atomic mass is 16.5. The lowest BCUT2D eigenvalue weighted by Crippen LogP contribution is -2.53. The number of anilines is 1. The standard InChI is InChI=1S/C25H31N3O4/c1-16(2)13-21(25(31)28-23-17(3)32-15-22(23)29)27-24(30)19-9-11-20(12-10-19)26-14-18-7-5-4-6-8-18/h4-12,16-17,21,23,26H,13-15H2,1-3H3,(H,27,30)(H,28,31)/t17-,21?,23+/m1/s1. The number of ether oxygens (including phenoxy) is 1. The van der Waals surface area contributed by atoms with Crippen LogP contribution in [-0.4, -0.2) is 42.4 Å². The number of Topliss-reactive ketones (excluding diaryl/α,β-unsaturated/α-hetero) is 1. The van der Waals surface area contributed by atoms with Gasteiger partial charge in [-0.3, -0.25) is 14.4 Å². The van der Waals surface area contributed by atoms with E-state index in [2.05, 4.69) is 16.0 Å². The molecule has 2 aromatic rings. The summed E-state index contributed by atoms with van der Waals surface area (Å²) in [5, 5.41) is 8.89. The van der Waals surface area contributed by atoms with E-state index in [0.29, 0.717) is 18.5 Å². The summed E-state index contributed by atoms with van der Waals surface area (Å²) < 4.78 is 5.29. The predicted molar refractivity (Wildman–Crippen MR) is 123 cm³/mol. The molecule has 0 aliphatic carbocycles. The molecule has 3 rings (SSSR count). The molecule has 0 bridgehead atoms. The van der Waals surface area contributed by atoms with Crippen LogP contribution in [0.25, 0.3) is 0 Å². The van der Waals surface area contributed by atoms with Crippen molar-refractivity contribution in [3.05, 3.63) is 65.7 Å². The van der Waals surface area contributed by atoms with Crippen LogP contribution < -0.4 is 16.0 Å². The van der Waals surface area contributed by atoms with Gasteiger partial charge in [0.1, 0.15) is 18.7 Å². The summed E-state index contributed by atoms with van der Waals surface area (Å²) in [7, 11) is 0. The Labute approximate surface area is 188 Å². The second kappa shape index (κ2) is 10.9. The Kier molecular flexibility index (Phi) is 8.00. The lowest BCUT2D eigenvalue weighted by Gasteiger charge is -2.23. The van der Waals surface area contributed by atoms with Gasteiger partial charge in [-0.2, -0.15) is 0 Å². The highest BCUT2D eigenvalue weighted by Crippen LogP contribution is 2.14. The summed E-state index contributed by atoms with van der Waals surface area (Å²) >= 11 is 0. The van der Waals surface area contributed by atoms with E-state index in [-0.39, 0.29) is 36.2 Å². The Morgan fingerprint density at radius 3 is 2.34 bits per heavy atom. The van der Waals surface area contributed by atoms with Crippen LogP contribution in [0.5, 0.6) is 0 Å². The zero-order valence-electron chi connectivity index (χ0n) is 18.8. The highest BCUT2D eigenvalue weighted by Gasteiger charge is 2.35. The van der Waals surface area contributed by atoms with Gasteiger partial charge in [-0.05, 0) is 49.1 Å². The van der Waals surface area contributed by atoms with Gasteiger partial charge in [0.05, 0.1) is 6.10 Å². The summed E-state index contributed by atoms with van der Waals surface area (Å²) in [6.45, 7) is 6.39. The molecule has 1 unspecified atom stereocenters. The lowest BCUT2D eigenvalue weighted by atomic mass is 10.0. The summed E-state index contributed by atoms with van der Waals surface area (Å²) in [4.78, 5) is 37.6. The largest absolute Gasteiger partial charge is 0.381 e. The van der Waals surface area contributed by atoms with Crippen LogP contribution in [0.2, 0.25) is 0 Å². The van der Waals surface area contributed by atoms with Gasteiger partial charge in [0, 0.05) is 17.8 Å². The molecular weight excluding hydrogens is 406 g/mol. The lowest BCUT2D eigenvalue weighted by molar-refractivity contribution is -0.127. The van der Waals surface area contributed by atoms with Crippen LogP contribution in [0.15, 0.2) is 54.6 Å². The Balaban J connectivity index is 1.60. The molecule has 2 aromatic carbocycles. The number of hydrogen-bond acceptors (Lipinski definition) is 5. The van der Waals surface area contributed by atoms with Gasteiger partial charge in [-0.15, -0.1) is 0 Å². The van der Waals surface area contributed by atoms with Crippen LogP contribution in [0.1, 0.15) is 43.1 Å². The van der Waals surface area contributed by atoms with Crippen molar-refractivity contribution in [2.75, 3.05) is 11.9 Å². The molecule has 32 heavy (non-hydrogen) atoms. The predicted octanol–water partition coefficient (Wildman–Crippen LogP) is 2.92. The molecule has 3 atom stereocenters.